The van der Waals surface area contributed by atoms with Crippen LogP contribution in [0.1, 0.15) is 88.6 Å². The summed E-state index contributed by atoms with van der Waals surface area (Å²) in [6.45, 7) is 9.12. The molecule has 2 aromatic carbocycles. The van der Waals surface area contributed by atoms with Crippen LogP contribution in [0.5, 0.6) is 5.75 Å². The second-order valence-corrected chi connectivity index (χ2v) is 19.8. The molecule has 2 bridgehead atoms. The van der Waals surface area contributed by atoms with Crippen LogP contribution in [0.3, 0.4) is 0 Å². The Morgan fingerprint density at radius 1 is 1.16 bits per heavy atom. The minimum atomic E-state index is -0.906. The minimum Gasteiger partial charge on any atom is -0.512 e. The summed E-state index contributed by atoms with van der Waals surface area (Å²) in [4.78, 5) is 36.9. The van der Waals surface area contributed by atoms with Gasteiger partial charge in [-0.15, -0.1) is 0 Å². The zero-order chi connectivity index (χ0) is 42.1. The van der Waals surface area contributed by atoms with Crippen molar-refractivity contribution in [1.29, 1.82) is 5.26 Å². The smallest absolute Gasteiger partial charge is 0.281 e. The summed E-state index contributed by atoms with van der Waals surface area (Å²) >= 11 is 0. The van der Waals surface area contributed by atoms with E-state index in [-0.39, 0.29) is 42.5 Å². The zero-order valence-electron chi connectivity index (χ0n) is 36.6. The molecule has 1 heterocycles. The van der Waals surface area contributed by atoms with Gasteiger partial charge in [0.15, 0.2) is 0 Å². The Kier molecular flexibility index (Phi) is 13.5. The molecule has 4 saturated carbocycles. The molecule has 2 aromatic rings. The molecule has 13 heteroatoms. The number of amides is 2. The topological polar surface area (TPSA) is 147 Å². The highest BCUT2D eigenvalue weighted by Crippen LogP contribution is 2.61. The Bertz CT molecular complexity index is 1820. The van der Waals surface area contributed by atoms with Crippen molar-refractivity contribution < 1.29 is 33.8 Å². The molecule has 1 saturated heterocycles. The molecule has 58 heavy (non-hydrogen) atoms. The van der Waals surface area contributed by atoms with E-state index in [1.807, 2.05) is 55.4 Å². The summed E-state index contributed by atoms with van der Waals surface area (Å²) < 4.78 is 6.77. The maximum absolute atomic E-state index is 14.3. The third-order valence-corrected chi connectivity index (χ3v) is 14.7. The lowest BCUT2D eigenvalue weighted by Crippen LogP contribution is -2.62. The average Bonchev–Trinajstić information content (AvgIpc) is 3.56. The van der Waals surface area contributed by atoms with Crippen LogP contribution in [-0.2, 0) is 16.2 Å². The molecule has 5 aliphatic rings. The number of hydroxylamine groups is 2. The fourth-order valence-corrected chi connectivity index (χ4v) is 11.0. The molecule has 0 radical (unpaired) electrons. The van der Waals surface area contributed by atoms with Crippen molar-refractivity contribution in [3.05, 3.63) is 47.5 Å². The maximum Gasteiger partial charge on any atom is 0.281 e. The molecule has 5 fully saturated rings. The van der Waals surface area contributed by atoms with Gasteiger partial charge in [-0.1, -0.05) is 64.2 Å². The number of fused-ring (bicyclic) bond motifs is 2. The van der Waals surface area contributed by atoms with Crippen molar-refractivity contribution in [3.63, 3.8) is 0 Å². The SMILES string of the molecule is COc1c(CN2O[C@@H](CO)[C@H]([C@H](C)O)[C@H]2C(=O)N[C@H]2C[C@H]3C[C@@H]([C@@H]2C)C3(C)C)cccc1-c1cc(C(=O)N[C@H](C[N+](C)(C)[BH2-]C#N)C2CCCCC2)cc(N(C)C)c1. The third kappa shape index (κ3) is 9.07. The third-order valence-electron chi connectivity index (χ3n) is 14.7. The predicted octanol–water partition coefficient (Wildman–Crippen LogP) is 4.41. The van der Waals surface area contributed by atoms with Gasteiger partial charge in [-0.25, -0.2) is 5.26 Å². The fraction of sp³-hybridized carbons (Fsp3) is 0.667. The van der Waals surface area contributed by atoms with Gasteiger partial charge >= 0.3 is 0 Å². The van der Waals surface area contributed by atoms with E-state index in [9.17, 15) is 25.1 Å². The molecule has 4 aliphatic carbocycles. The van der Waals surface area contributed by atoms with Gasteiger partial charge in [0.25, 0.3) is 13.3 Å². The Labute approximate surface area is 347 Å². The van der Waals surface area contributed by atoms with E-state index in [0.29, 0.717) is 39.4 Å². The number of nitrogens with zero attached hydrogens (tertiary/aromatic N) is 4. The number of nitriles is 1. The van der Waals surface area contributed by atoms with E-state index in [0.717, 1.165) is 61.0 Å². The quantitative estimate of drug-likeness (QED) is 0.193. The first-order valence-electron chi connectivity index (χ1n) is 21.8. The van der Waals surface area contributed by atoms with E-state index >= 15 is 0 Å². The lowest BCUT2D eigenvalue weighted by molar-refractivity contribution is -0.779. The van der Waals surface area contributed by atoms with Crippen LogP contribution >= 0.6 is 0 Å². The summed E-state index contributed by atoms with van der Waals surface area (Å²) in [5, 5.41) is 39.4. The molecule has 2 amide bonds. The van der Waals surface area contributed by atoms with E-state index in [1.165, 1.54) is 12.8 Å². The van der Waals surface area contributed by atoms with Gasteiger partial charge in [0.1, 0.15) is 17.9 Å². The fourth-order valence-electron chi connectivity index (χ4n) is 11.0. The number of hydrogen-bond donors (Lipinski definition) is 4. The number of aliphatic hydroxyl groups excluding tert-OH is 2. The Morgan fingerprint density at radius 2 is 1.88 bits per heavy atom. The van der Waals surface area contributed by atoms with Crippen LogP contribution < -0.4 is 20.3 Å². The number of nitrogens with one attached hydrogen (secondary N) is 2. The minimum absolute atomic E-state index is 0.0323. The summed E-state index contributed by atoms with van der Waals surface area (Å²) in [6, 6.07) is 10.9. The number of carbonyl (C=O) groups excluding carboxylic acids is 2. The first kappa shape index (κ1) is 43.9. The number of ether oxygens (including phenoxy) is 1. The Balaban J connectivity index is 1.29. The summed E-state index contributed by atoms with van der Waals surface area (Å²) in [5.41, 5.74) is 4.02. The number of benzene rings is 2. The van der Waals surface area contributed by atoms with Gasteiger partial charge < -0.3 is 34.9 Å². The molecule has 4 N–H and O–H groups in total. The molecule has 0 aromatic heterocycles. The number of anilines is 1. The molecular weight excluding hydrogens is 731 g/mol. The van der Waals surface area contributed by atoms with Crippen molar-refractivity contribution in [1.82, 2.24) is 15.7 Å². The monoisotopic (exact) mass is 801 g/mol. The number of para-hydroxylation sites is 1. The number of rotatable bonds is 15. The number of quaternary nitrogens is 1. The molecule has 7 rings (SSSR count). The molecule has 0 spiro atoms. The highest BCUT2D eigenvalue weighted by molar-refractivity contribution is 6.36. The number of methoxy groups -OCH3 is 1. The van der Waals surface area contributed by atoms with Crippen LogP contribution in [0.25, 0.3) is 11.1 Å². The van der Waals surface area contributed by atoms with Crippen LogP contribution in [0.15, 0.2) is 36.4 Å². The van der Waals surface area contributed by atoms with Crippen LogP contribution in [0.4, 0.5) is 5.69 Å². The van der Waals surface area contributed by atoms with Gasteiger partial charge in [-0.3, -0.25) is 14.4 Å². The lowest BCUT2D eigenvalue weighted by Gasteiger charge is -2.62. The molecule has 318 valence electrons. The van der Waals surface area contributed by atoms with Gasteiger partial charge in [0, 0.05) is 62.5 Å². The molecular formula is C45H69BN6O6. The molecule has 9 atom stereocenters. The standard InChI is InChI=1S/C45H69BN6O6/c1-27-36-21-33(45(36,3)4)22-37(27)48-44(56)41-40(28(2)54)39(25-53)58-51(41)23-30-16-13-17-35(42(30)57-9)31-18-32(20-34(19-31)50(5)6)43(55)49-38(24-52(7,8)46-26-47)29-14-11-10-12-15-29/h13,16-20,27-29,33,36-41,53-54H,10-12,14-15,21-25,46H2,1-9H3,(H,48,56)(H,49,55)/t27-,28-,33+,36-,37-,38+,39-,40-,41-/m0/s1. The van der Waals surface area contributed by atoms with E-state index < -0.39 is 31.6 Å². The largest absolute Gasteiger partial charge is 0.512 e. The maximum atomic E-state index is 14.3. The first-order valence-corrected chi connectivity index (χ1v) is 21.8. The molecule has 1 aliphatic heterocycles. The van der Waals surface area contributed by atoms with Crippen molar-refractivity contribution >= 4 is 24.9 Å². The van der Waals surface area contributed by atoms with Crippen LogP contribution in [-0.4, -0.2) is 118 Å². The normalized spacial score (nSPS) is 28.1. The predicted molar refractivity (Wildman–Crippen MR) is 229 cm³/mol. The van der Waals surface area contributed by atoms with Gasteiger partial charge in [0.05, 0.1) is 39.0 Å². The Morgan fingerprint density at radius 3 is 2.48 bits per heavy atom. The van der Waals surface area contributed by atoms with Crippen molar-refractivity contribution in [3.8, 4) is 22.8 Å². The average molecular weight is 801 g/mol. The van der Waals surface area contributed by atoms with Gasteiger partial charge in [0.2, 0.25) is 5.91 Å². The van der Waals surface area contributed by atoms with E-state index in [4.69, 9.17) is 9.57 Å². The zero-order valence-corrected chi connectivity index (χ0v) is 36.6. The lowest BCUT2D eigenvalue weighted by atomic mass is 9.45. The first-order chi connectivity index (χ1) is 27.5. The van der Waals surface area contributed by atoms with Crippen LogP contribution in [0.2, 0.25) is 0 Å². The van der Waals surface area contributed by atoms with Crippen LogP contribution in [0, 0.1) is 46.2 Å². The highest BCUT2D eigenvalue weighted by Gasteiger charge is 2.57. The summed E-state index contributed by atoms with van der Waals surface area (Å²) in [6.07, 6.45) is 6.13. The van der Waals surface area contributed by atoms with Gasteiger partial charge in [-0.2, -0.15) is 5.06 Å². The number of aliphatic hydroxyl groups is 2. The second-order valence-electron chi connectivity index (χ2n) is 19.8. The van der Waals surface area contributed by atoms with Crippen molar-refractivity contribution in [2.75, 3.05) is 53.4 Å². The Hall–Kier alpha value is -3.67. The van der Waals surface area contributed by atoms with Gasteiger partial charge in [-0.05, 0) is 85.5 Å². The molecule has 0 unspecified atom stereocenters. The summed E-state index contributed by atoms with van der Waals surface area (Å²) in [7, 11) is 8.84. The second kappa shape index (κ2) is 17.9. The van der Waals surface area contributed by atoms with E-state index in [1.54, 1.807) is 19.1 Å². The summed E-state index contributed by atoms with van der Waals surface area (Å²) in [5.74, 6) is 3.85. The van der Waals surface area contributed by atoms with E-state index in [2.05, 4.69) is 51.5 Å². The number of hydrogen-bond acceptors (Lipinski definition) is 9. The van der Waals surface area contributed by atoms with Crippen molar-refractivity contribution in [2.24, 2.45) is 35.0 Å². The van der Waals surface area contributed by atoms with Crippen molar-refractivity contribution in [2.45, 2.75) is 110 Å². The highest BCUT2D eigenvalue weighted by atomic mass is 16.7. The molecule has 12 nitrogen and oxygen atoms in total. The number of likely N-dealkylation sites (N-methyl/N-ethyl adjacent to an activating group) is 1. The number of carbonyl (C=O) groups is 2.